The molecule has 1 saturated heterocycles. The van der Waals surface area contributed by atoms with Gasteiger partial charge in [0.2, 0.25) is 0 Å². The van der Waals surface area contributed by atoms with Crippen LogP contribution in [0.4, 0.5) is 5.69 Å². The van der Waals surface area contributed by atoms with Crippen LogP contribution in [0.5, 0.6) is 0 Å². The lowest BCUT2D eigenvalue weighted by molar-refractivity contribution is -0.384. The van der Waals surface area contributed by atoms with E-state index in [2.05, 4.69) is 0 Å². The molecule has 0 radical (unpaired) electrons. The number of hydrogen-bond donors (Lipinski definition) is 0. The van der Waals surface area contributed by atoms with E-state index in [-0.39, 0.29) is 28.8 Å². The van der Waals surface area contributed by atoms with Crippen molar-refractivity contribution >= 4 is 44.0 Å². The zero-order valence-electron chi connectivity index (χ0n) is 11.2. The van der Waals surface area contributed by atoms with E-state index >= 15 is 0 Å². The van der Waals surface area contributed by atoms with Crippen LogP contribution in [0, 0.1) is 13.7 Å². The van der Waals surface area contributed by atoms with Gasteiger partial charge in [-0.25, -0.2) is 8.42 Å². The summed E-state index contributed by atoms with van der Waals surface area (Å²) in [5, 5.41) is 10.8. The quantitative estimate of drug-likeness (QED) is 0.416. The van der Waals surface area contributed by atoms with Crippen LogP contribution in [-0.2, 0) is 9.84 Å². The highest BCUT2D eigenvalue weighted by Gasteiger charge is 2.33. The number of non-ortho nitro benzene ring substituents is 1. The molecule has 0 aliphatic carbocycles. The van der Waals surface area contributed by atoms with Gasteiger partial charge in [-0.3, -0.25) is 14.9 Å². The van der Waals surface area contributed by atoms with Crippen molar-refractivity contribution in [2.75, 3.05) is 18.6 Å². The molecule has 0 spiro atoms. The van der Waals surface area contributed by atoms with Crippen LogP contribution in [0.1, 0.15) is 16.8 Å². The number of carbonyl (C=O) groups excluding carboxylic acids is 1. The first-order valence-electron chi connectivity index (χ1n) is 6.13. The molecule has 21 heavy (non-hydrogen) atoms. The summed E-state index contributed by atoms with van der Waals surface area (Å²) in [7, 11) is -1.56. The molecule has 1 heterocycles. The molecule has 1 atom stereocenters. The summed E-state index contributed by atoms with van der Waals surface area (Å²) in [5.74, 6) is -0.382. The summed E-state index contributed by atoms with van der Waals surface area (Å²) in [6, 6.07) is 3.69. The average Bonchev–Trinajstić information content (AvgIpc) is 2.77. The van der Waals surface area contributed by atoms with Crippen molar-refractivity contribution in [1.29, 1.82) is 0 Å². The molecule has 7 nitrogen and oxygen atoms in total. The molecule has 1 amide bonds. The minimum Gasteiger partial charge on any atom is -0.338 e. The molecule has 0 N–H and O–H groups in total. The van der Waals surface area contributed by atoms with Crippen molar-refractivity contribution in [1.82, 2.24) is 4.90 Å². The number of nitrogens with zero attached hydrogens (tertiary/aromatic N) is 2. The van der Waals surface area contributed by atoms with Gasteiger partial charge < -0.3 is 4.90 Å². The normalized spacial score (nSPS) is 20.2. The number of nitro groups is 1. The van der Waals surface area contributed by atoms with Gasteiger partial charge in [0, 0.05) is 28.8 Å². The third kappa shape index (κ3) is 3.51. The first-order chi connectivity index (χ1) is 9.71. The van der Waals surface area contributed by atoms with E-state index < -0.39 is 20.7 Å². The maximum atomic E-state index is 12.4. The van der Waals surface area contributed by atoms with E-state index in [1.807, 2.05) is 22.6 Å². The molecule has 0 bridgehead atoms. The van der Waals surface area contributed by atoms with E-state index in [0.717, 1.165) is 0 Å². The Labute approximate surface area is 135 Å². The van der Waals surface area contributed by atoms with Gasteiger partial charge in [-0.05, 0) is 35.1 Å². The Morgan fingerprint density at radius 3 is 2.67 bits per heavy atom. The van der Waals surface area contributed by atoms with Crippen molar-refractivity contribution in [3.8, 4) is 0 Å². The fraction of sp³-hybridized carbons (Fsp3) is 0.417. The van der Waals surface area contributed by atoms with Gasteiger partial charge in [-0.1, -0.05) is 0 Å². The zero-order chi connectivity index (χ0) is 15.8. The molecule has 1 fully saturated rings. The molecular formula is C12H13IN2O5S. The van der Waals surface area contributed by atoms with Gasteiger partial charge in [0.05, 0.1) is 22.0 Å². The van der Waals surface area contributed by atoms with E-state index in [1.165, 1.54) is 30.1 Å². The van der Waals surface area contributed by atoms with E-state index in [0.29, 0.717) is 9.99 Å². The van der Waals surface area contributed by atoms with Crippen LogP contribution in [0.2, 0.25) is 0 Å². The molecule has 0 aromatic heterocycles. The van der Waals surface area contributed by atoms with Gasteiger partial charge in [-0.15, -0.1) is 0 Å². The molecule has 1 aliphatic heterocycles. The summed E-state index contributed by atoms with van der Waals surface area (Å²) < 4.78 is 23.6. The van der Waals surface area contributed by atoms with Crippen molar-refractivity contribution in [3.05, 3.63) is 37.4 Å². The largest absolute Gasteiger partial charge is 0.338 e. The Kier molecular flexibility index (Phi) is 4.51. The minimum atomic E-state index is -3.09. The maximum Gasteiger partial charge on any atom is 0.270 e. The van der Waals surface area contributed by atoms with E-state index in [9.17, 15) is 23.3 Å². The fourth-order valence-corrected chi connectivity index (χ4v) is 4.57. The molecule has 0 saturated carbocycles. The predicted octanol–water partition coefficient (Wildman–Crippen LogP) is 1.46. The summed E-state index contributed by atoms with van der Waals surface area (Å²) in [4.78, 5) is 24.0. The number of carbonyl (C=O) groups is 1. The second-order valence-corrected chi connectivity index (χ2v) is 8.29. The summed E-state index contributed by atoms with van der Waals surface area (Å²) in [5.41, 5.74) is 0.0582. The highest BCUT2D eigenvalue weighted by molar-refractivity contribution is 14.1. The molecule has 9 heteroatoms. The lowest BCUT2D eigenvalue weighted by Crippen LogP contribution is -2.38. The lowest BCUT2D eigenvalue weighted by atomic mass is 10.1. The third-order valence-corrected chi connectivity index (χ3v) is 6.16. The lowest BCUT2D eigenvalue weighted by Gasteiger charge is -2.23. The topological polar surface area (TPSA) is 97.6 Å². The highest BCUT2D eigenvalue weighted by atomic mass is 127. The standard InChI is InChI=1S/C12H13IN2O5S/c1-14(9-4-5-21(19,20)7-9)12(16)10-6-8(15(17)18)2-3-11(10)13/h2-3,6,9H,4-5,7H2,1H3. The molecule has 114 valence electrons. The number of amides is 1. The average molecular weight is 424 g/mol. The smallest absolute Gasteiger partial charge is 0.270 e. The SMILES string of the molecule is CN(C(=O)c1cc([N+](=O)[O-])ccc1I)C1CCS(=O)(=O)C1. The Morgan fingerprint density at radius 1 is 1.48 bits per heavy atom. The van der Waals surface area contributed by atoms with Crippen molar-refractivity contribution < 1.29 is 18.1 Å². The number of sulfone groups is 1. The van der Waals surface area contributed by atoms with E-state index in [1.54, 1.807) is 0 Å². The van der Waals surface area contributed by atoms with Crippen LogP contribution in [0.3, 0.4) is 0 Å². The predicted molar refractivity (Wildman–Crippen MR) is 85.0 cm³/mol. The monoisotopic (exact) mass is 424 g/mol. The molecule has 1 aliphatic rings. The van der Waals surface area contributed by atoms with Gasteiger partial charge >= 0.3 is 0 Å². The van der Waals surface area contributed by atoms with E-state index in [4.69, 9.17) is 0 Å². The summed E-state index contributed by atoms with van der Waals surface area (Å²) >= 11 is 1.93. The minimum absolute atomic E-state index is 0.0548. The number of benzene rings is 1. The zero-order valence-corrected chi connectivity index (χ0v) is 14.1. The highest BCUT2D eigenvalue weighted by Crippen LogP contribution is 2.23. The molecular weight excluding hydrogens is 411 g/mol. The van der Waals surface area contributed by atoms with Gasteiger partial charge in [0.25, 0.3) is 11.6 Å². The Bertz CT molecular complexity index is 704. The van der Waals surface area contributed by atoms with Gasteiger partial charge in [0.15, 0.2) is 9.84 Å². The Morgan fingerprint density at radius 2 is 2.14 bits per heavy atom. The van der Waals surface area contributed by atoms with Gasteiger partial charge in [-0.2, -0.15) is 0 Å². The Hall–Kier alpha value is -1.23. The fourth-order valence-electron chi connectivity index (χ4n) is 2.23. The molecule has 2 rings (SSSR count). The molecule has 1 aromatic rings. The Balaban J connectivity index is 2.27. The van der Waals surface area contributed by atoms with Crippen LogP contribution in [0.15, 0.2) is 18.2 Å². The molecule has 1 unspecified atom stereocenters. The number of halogens is 1. The van der Waals surface area contributed by atoms with Gasteiger partial charge in [0.1, 0.15) is 0 Å². The first kappa shape index (κ1) is 16.1. The summed E-state index contributed by atoms with van der Waals surface area (Å²) in [6.07, 6.45) is 0.399. The number of hydrogen-bond acceptors (Lipinski definition) is 5. The second-order valence-electron chi connectivity index (χ2n) is 4.89. The van der Waals surface area contributed by atoms with Crippen molar-refractivity contribution in [2.24, 2.45) is 0 Å². The van der Waals surface area contributed by atoms with Crippen molar-refractivity contribution in [2.45, 2.75) is 12.5 Å². The maximum absolute atomic E-state index is 12.4. The first-order valence-corrected chi connectivity index (χ1v) is 9.03. The van der Waals surface area contributed by atoms with Crippen LogP contribution in [-0.4, -0.2) is 48.7 Å². The molecule has 1 aromatic carbocycles. The third-order valence-electron chi connectivity index (χ3n) is 3.47. The number of nitro benzene ring substituents is 1. The number of rotatable bonds is 3. The van der Waals surface area contributed by atoms with Crippen LogP contribution >= 0.6 is 22.6 Å². The summed E-state index contributed by atoms with van der Waals surface area (Å²) in [6.45, 7) is 0. The second kappa shape index (κ2) is 5.87. The van der Waals surface area contributed by atoms with Crippen LogP contribution < -0.4 is 0 Å². The van der Waals surface area contributed by atoms with Crippen LogP contribution in [0.25, 0.3) is 0 Å². The van der Waals surface area contributed by atoms with Crippen molar-refractivity contribution in [3.63, 3.8) is 0 Å².